The molecule has 1 heterocycles. The third-order valence-electron chi connectivity index (χ3n) is 3.05. The predicted octanol–water partition coefficient (Wildman–Crippen LogP) is 1.44. The molecule has 0 radical (unpaired) electrons. The Balaban J connectivity index is 2.41. The van der Waals surface area contributed by atoms with Gasteiger partial charge in [-0.05, 0) is 19.3 Å². The number of hydrogen-bond donors (Lipinski definition) is 1. The molecule has 1 aromatic rings. The normalized spacial score (nSPS) is 18.1. The summed E-state index contributed by atoms with van der Waals surface area (Å²) in [7, 11) is 3.23. The fourth-order valence-corrected chi connectivity index (χ4v) is 1.91. The van der Waals surface area contributed by atoms with Gasteiger partial charge in [-0.3, -0.25) is 0 Å². The lowest BCUT2D eigenvalue weighted by molar-refractivity contribution is 0.242. The van der Waals surface area contributed by atoms with Crippen molar-refractivity contribution in [2.24, 2.45) is 5.73 Å². The van der Waals surface area contributed by atoms with Crippen LogP contribution in [-0.2, 0) is 5.54 Å². The number of pyridine rings is 1. The summed E-state index contributed by atoms with van der Waals surface area (Å²) in [5.74, 6) is 1.33. The second-order valence-corrected chi connectivity index (χ2v) is 3.94. The van der Waals surface area contributed by atoms with Crippen LogP contribution in [0.5, 0.6) is 11.6 Å². The van der Waals surface area contributed by atoms with E-state index in [9.17, 15) is 0 Å². The monoisotopic (exact) mass is 208 g/mol. The van der Waals surface area contributed by atoms with Crippen molar-refractivity contribution in [2.75, 3.05) is 14.2 Å². The minimum absolute atomic E-state index is 0.248. The molecule has 0 atom stereocenters. The van der Waals surface area contributed by atoms with E-state index >= 15 is 0 Å². The highest BCUT2D eigenvalue weighted by Crippen LogP contribution is 2.43. The number of aromatic nitrogens is 1. The largest absolute Gasteiger partial charge is 0.495 e. The second kappa shape index (κ2) is 3.70. The van der Waals surface area contributed by atoms with Gasteiger partial charge in [0, 0.05) is 17.2 Å². The molecule has 0 amide bonds. The summed E-state index contributed by atoms with van der Waals surface area (Å²) in [6.45, 7) is 0. The lowest BCUT2D eigenvalue weighted by atomic mass is 9.72. The maximum absolute atomic E-state index is 6.26. The smallest absolute Gasteiger partial charge is 0.213 e. The van der Waals surface area contributed by atoms with Gasteiger partial charge in [-0.1, -0.05) is 0 Å². The first-order chi connectivity index (χ1) is 7.19. The number of rotatable bonds is 3. The SMILES string of the molecule is COc1cc(C2(N)CCC2)c(OC)cn1. The highest BCUT2D eigenvalue weighted by molar-refractivity contribution is 5.41. The van der Waals surface area contributed by atoms with E-state index in [1.165, 1.54) is 6.42 Å². The summed E-state index contributed by atoms with van der Waals surface area (Å²) in [6.07, 6.45) is 4.83. The number of hydrogen-bond acceptors (Lipinski definition) is 4. The lowest BCUT2D eigenvalue weighted by Crippen LogP contribution is -2.43. The summed E-state index contributed by atoms with van der Waals surface area (Å²) >= 11 is 0. The van der Waals surface area contributed by atoms with Crippen LogP contribution in [0.4, 0.5) is 0 Å². The van der Waals surface area contributed by atoms with Crippen molar-refractivity contribution in [1.29, 1.82) is 0 Å². The van der Waals surface area contributed by atoms with Gasteiger partial charge < -0.3 is 15.2 Å². The van der Waals surface area contributed by atoms with Crippen molar-refractivity contribution in [3.63, 3.8) is 0 Å². The molecule has 0 unspecified atom stereocenters. The Hall–Kier alpha value is -1.29. The Morgan fingerprint density at radius 2 is 2.07 bits per heavy atom. The van der Waals surface area contributed by atoms with Crippen LogP contribution in [0.3, 0.4) is 0 Å². The molecule has 1 aliphatic rings. The average molecular weight is 208 g/mol. The third-order valence-corrected chi connectivity index (χ3v) is 3.05. The van der Waals surface area contributed by atoms with Gasteiger partial charge in [0.1, 0.15) is 5.75 Å². The van der Waals surface area contributed by atoms with E-state index < -0.39 is 0 Å². The molecule has 0 saturated heterocycles. The van der Waals surface area contributed by atoms with E-state index in [1.807, 2.05) is 6.07 Å². The summed E-state index contributed by atoms with van der Waals surface area (Å²) in [6, 6.07) is 1.87. The molecule has 15 heavy (non-hydrogen) atoms. The van der Waals surface area contributed by atoms with Crippen molar-refractivity contribution in [1.82, 2.24) is 4.98 Å². The fraction of sp³-hybridized carbons (Fsp3) is 0.545. The molecule has 2 N–H and O–H groups in total. The van der Waals surface area contributed by atoms with Crippen molar-refractivity contribution < 1.29 is 9.47 Å². The molecule has 4 nitrogen and oxygen atoms in total. The van der Waals surface area contributed by atoms with Gasteiger partial charge in [0.25, 0.3) is 0 Å². The number of methoxy groups -OCH3 is 2. The van der Waals surface area contributed by atoms with Crippen LogP contribution < -0.4 is 15.2 Å². The molecule has 1 saturated carbocycles. The van der Waals surface area contributed by atoms with Crippen LogP contribution in [0, 0.1) is 0 Å². The van der Waals surface area contributed by atoms with Crippen molar-refractivity contribution in [3.05, 3.63) is 17.8 Å². The molecular formula is C11H16N2O2. The topological polar surface area (TPSA) is 57.4 Å². The van der Waals surface area contributed by atoms with E-state index in [1.54, 1.807) is 20.4 Å². The van der Waals surface area contributed by atoms with Crippen molar-refractivity contribution in [3.8, 4) is 11.6 Å². The maximum Gasteiger partial charge on any atom is 0.213 e. The van der Waals surface area contributed by atoms with Crippen LogP contribution in [0.1, 0.15) is 24.8 Å². The van der Waals surface area contributed by atoms with Gasteiger partial charge >= 0.3 is 0 Å². The van der Waals surface area contributed by atoms with Crippen LogP contribution in [0.15, 0.2) is 12.3 Å². The van der Waals surface area contributed by atoms with E-state index in [0.29, 0.717) is 5.88 Å². The maximum atomic E-state index is 6.26. The molecule has 0 aromatic carbocycles. The van der Waals surface area contributed by atoms with Crippen LogP contribution in [0.25, 0.3) is 0 Å². The highest BCUT2D eigenvalue weighted by atomic mass is 16.5. The van der Waals surface area contributed by atoms with E-state index in [2.05, 4.69) is 4.98 Å². The molecule has 1 aromatic heterocycles. The van der Waals surface area contributed by atoms with Gasteiger partial charge in [0.2, 0.25) is 5.88 Å². The molecule has 4 heteroatoms. The summed E-state index contributed by atoms with van der Waals surface area (Å²) in [5, 5.41) is 0. The second-order valence-electron chi connectivity index (χ2n) is 3.94. The molecule has 0 bridgehead atoms. The molecule has 0 aliphatic heterocycles. The Labute approximate surface area is 89.4 Å². The average Bonchev–Trinajstić information content (AvgIpc) is 2.25. The van der Waals surface area contributed by atoms with Gasteiger partial charge in [-0.15, -0.1) is 0 Å². The predicted molar refractivity (Wildman–Crippen MR) is 57.1 cm³/mol. The van der Waals surface area contributed by atoms with Gasteiger partial charge in [0.15, 0.2) is 0 Å². The lowest BCUT2D eigenvalue weighted by Gasteiger charge is -2.39. The third kappa shape index (κ3) is 1.65. The Morgan fingerprint density at radius 3 is 2.53 bits per heavy atom. The van der Waals surface area contributed by atoms with E-state index in [-0.39, 0.29) is 5.54 Å². The van der Waals surface area contributed by atoms with Crippen molar-refractivity contribution in [2.45, 2.75) is 24.8 Å². The van der Waals surface area contributed by atoms with Crippen LogP contribution in [-0.4, -0.2) is 19.2 Å². The molecule has 1 fully saturated rings. The standard InChI is InChI=1S/C11H16N2O2/c1-14-9-7-13-10(15-2)6-8(9)11(12)4-3-5-11/h6-7H,3-5,12H2,1-2H3. The fourth-order valence-electron chi connectivity index (χ4n) is 1.91. The van der Waals surface area contributed by atoms with E-state index in [4.69, 9.17) is 15.2 Å². The summed E-state index contributed by atoms with van der Waals surface area (Å²) < 4.78 is 10.4. The zero-order valence-electron chi connectivity index (χ0n) is 9.12. The number of nitrogens with zero attached hydrogens (tertiary/aromatic N) is 1. The quantitative estimate of drug-likeness (QED) is 0.816. The molecule has 1 aliphatic carbocycles. The molecule has 2 rings (SSSR count). The zero-order chi connectivity index (χ0) is 10.9. The number of nitrogens with two attached hydrogens (primary N) is 1. The molecule has 0 spiro atoms. The Kier molecular flexibility index (Phi) is 2.52. The molecule has 82 valence electrons. The van der Waals surface area contributed by atoms with Crippen LogP contribution in [0.2, 0.25) is 0 Å². The minimum atomic E-state index is -0.248. The summed E-state index contributed by atoms with van der Waals surface area (Å²) in [5.41, 5.74) is 7.02. The van der Waals surface area contributed by atoms with Gasteiger partial charge in [-0.25, -0.2) is 4.98 Å². The van der Waals surface area contributed by atoms with Gasteiger partial charge in [0.05, 0.1) is 20.4 Å². The zero-order valence-corrected chi connectivity index (χ0v) is 9.12. The molecular weight excluding hydrogens is 192 g/mol. The van der Waals surface area contributed by atoms with Crippen LogP contribution >= 0.6 is 0 Å². The number of ether oxygens (including phenoxy) is 2. The highest BCUT2D eigenvalue weighted by Gasteiger charge is 2.37. The first-order valence-electron chi connectivity index (χ1n) is 5.07. The Bertz CT molecular complexity index is 362. The first kappa shape index (κ1) is 10.2. The Morgan fingerprint density at radius 1 is 1.33 bits per heavy atom. The summed E-state index contributed by atoms with van der Waals surface area (Å²) in [4.78, 5) is 4.10. The minimum Gasteiger partial charge on any atom is -0.495 e. The van der Waals surface area contributed by atoms with Crippen molar-refractivity contribution >= 4 is 0 Å². The van der Waals surface area contributed by atoms with E-state index in [0.717, 1.165) is 24.2 Å². The van der Waals surface area contributed by atoms with Gasteiger partial charge in [-0.2, -0.15) is 0 Å². The first-order valence-corrected chi connectivity index (χ1v) is 5.07.